The van der Waals surface area contributed by atoms with Crippen LogP contribution in [-0.2, 0) is 17.9 Å². The minimum Gasteiger partial charge on any atom is -0.468 e. The molecule has 0 radical (unpaired) electrons. The number of hydrogen-bond acceptors (Lipinski definition) is 7. The Labute approximate surface area is 145 Å². The molecule has 0 spiro atoms. The highest BCUT2D eigenvalue weighted by Crippen LogP contribution is 2.18. The van der Waals surface area contributed by atoms with Gasteiger partial charge in [0.15, 0.2) is 0 Å². The van der Waals surface area contributed by atoms with Gasteiger partial charge in [-0.3, -0.25) is 9.88 Å². The highest BCUT2D eigenvalue weighted by molar-refractivity contribution is 5.51. The maximum atomic E-state index is 5.98. The fourth-order valence-electron chi connectivity index (χ4n) is 3.03. The summed E-state index contributed by atoms with van der Waals surface area (Å²) in [6.45, 7) is 3.08. The SMILES string of the molecule is c1cncc(-c2noc(CO[C@@H]3CCCN(Cc4ccco4)C3)n2)c1. The topological polar surface area (TPSA) is 77.4 Å². The van der Waals surface area contributed by atoms with E-state index in [0.717, 1.165) is 43.8 Å². The van der Waals surface area contributed by atoms with E-state index < -0.39 is 0 Å². The molecule has 0 bridgehead atoms. The maximum Gasteiger partial charge on any atom is 0.252 e. The van der Waals surface area contributed by atoms with Gasteiger partial charge in [0.25, 0.3) is 5.89 Å². The molecule has 7 nitrogen and oxygen atoms in total. The third kappa shape index (κ3) is 4.12. The molecule has 0 amide bonds. The van der Waals surface area contributed by atoms with Gasteiger partial charge < -0.3 is 13.7 Å². The van der Waals surface area contributed by atoms with Crippen molar-refractivity contribution in [3.8, 4) is 11.4 Å². The molecule has 4 heterocycles. The number of nitrogens with zero attached hydrogens (tertiary/aromatic N) is 4. The highest BCUT2D eigenvalue weighted by atomic mass is 16.5. The van der Waals surface area contributed by atoms with Crippen LogP contribution in [0.15, 0.2) is 51.9 Å². The molecule has 0 aliphatic carbocycles. The normalized spacial score (nSPS) is 18.5. The molecule has 1 atom stereocenters. The third-order valence-electron chi connectivity index (χ3n) is 4.25. The van der Waals surface area contributed by atoms with Crippen LogP contribution in [0.5, 0.6) is 0 Å². The minimum atomic E-state index is 0.164. The molecule has 0 saturated carbocycles. The Hall–Kier alpha value is -2.51. The van der Waals surface area contributed by atoms with Crippen molar-refractivity contribution in [2.24, 2.45) is 0 Å². The fourth-order valence-corrected chi connectivity index (χ4v) is 3.03. The van der Waals surface area contributed by atoms with Gasteiger partial charge in [-0.15, -0.1) is 0 Å². The van der Waals surface area contributed by atoms with Crippen LogP contribution in [0.2, 0.25) is 0 Å². The van der Waals surface area contributed by atoms with E-state index in [2.05, 4.69) is 20.0 Å². The van der Waals surface area contributed by atoms with Crippen molar-refractivity contribution in [1.29, 1.82) is 0 Å². The smallest absolute Gasteiger partial charge is 0.252 e. The summed E-state index contributed by atoms with van der Waals surface area (Å²) in [5.74, 6) is 2.01. The van der Waals surface area contributed by atoms with Crippen LogP contribution in [0.25, 0.3) is 11.4 Å². The number of furan rings is 1. The highest BCUT2D eigenvalue weighted by Gasteiger charge is 2.22. The van der Waals surface area contributed by atoms with Crippen LogP contribution < -0.4 is 0 Å². The van der Waals surface area contributed by atoms with Gasteiger partial charge in [-0.2, -0.15) is 4.98 Å². The van der Waals surface area contributed by atoms with Gasteiger partial charge in [0.2, 0.25) is 5.82 Å². The first-order valence-corrected chi connectivity index (χ1v) is 8.46. The lowest BCUT2D eigenvalue weighted by atomic mass is 10.1. The zero-order chi connectivity index (χ0) is 16.9. The van der Waals surface area contributed by atoms with Gasteiger partial charge in [0.05, 0.1) is 18.9 Å². The molecule has 4 rings (SSSR count). The van der Waals surface area contributed by atoms with Crippen LogP contribution in [0, 0.1) is 0 Å². The summed E-state index contributed by atoms with van der Waals surface area (Å²) in [6, 6.07) is 7.67. The first-order chi connectivity index (χ1) is 12.4. The van der Waals surface area contributed by atoms with Gasteiger partial charge >= 0.3 is 0 Å². The number of aromatic nitrogens is 3. The zero-order valence-electron chi connectivity index (χ0n) is 13.9. The first-order valence-electron chi connectivity index (χ1n) is 8.46. The van der Waals surface area contributed by atoms with Gasteiger partial charge in [-0.1, -0.05) is 5.16 Å². The van der Waals surface area contributed by atoms with Gasteiger partial charge in [0, 0.05) is 24.5 Å². The molecule has 0 aromatic carbocycles. The van der Waals surface area contributed by atoms with E-state index in [0.29, 0.717) is 18.3 Å². The molecule has 7 heteroatoms. The molecular formula is C18H20N4O3. The number of hydrogen-bond donors (Lipinski definition) is 0. The van der Waals surface area contributed by atoms with Gasteiger partial charge in [-0.25, -0.2) is 0 Å². The van der Waals surface area contributed by atoms with E-state index in [1.807, 2.05) is 24.3 Å². The van der Waals surface area contributed by atoms with Crippen molar-refractivity contribution >= 4 is 0 Å². The Bertz CT molecular complexity index is 773. The van der Waals surface area contributed by atoms with E-state index in [1.165, 1.54) is 0 Å². The summed E-state index contributed by atoms with van der Waals surface area (Å²) < 4.78 is 16.7. The summed E-state index contributed by atoms with van der Waals surface area (Å²) in [5, 5.41) is 3.99. The molecule has 1 aliphatic rings. The second-order valence-electron chi connectivity index (χ2n) is 6.14. The largest absolute Gasteiger partial charge is 0.468 e. The second kappa shape index (κ2) is 7.58. The van der Waals surface area contributed by atoms with Gasteiger partial charge in [-0.05, 0) is 43.7 Å². The Morgan fingerprint density at radius 1 is 1.28 bits per heavy atom. The number of piperidine rings is 1. The van der Waals surface area contributed by atoms with Crippen LogP contribution in [-0.4, -0.2) is 39.2 Å². The van der Waals surface area contributed by atoms with E-state index in [4.69, 9.17) is 13.7 Å². The van der Waals surface area contributed by atoms with Crippen molar-refractivity contribution in [2.75, 3.05) is 13.1 Å². The first kappa shape index (κ1) is 16.0. The lowest BCUT2D eigenvalue weighted by molar-refractivity contribution is -0.0222. The van der Waals surface area contributed by atoms with Crippen molar-refractivity contribution in [3.63, 3.8) is 0 Å². The Balaban J connectivity index is 1.30. The molecule has 1 fully saturated rings. The monoisotopic (exact) mass is 340 g/mol. The summed E-state index contributed by atoms with van der Waals surface area (Å²) in [6.07, 6.45) is 7.45. The van der Waals surface area contributed by atoms with E-state index in [-0.39, 0.29) is 6.10 Å². The lowest BCUT2D eigenvalue weighted by Gasteiger charge is -2.31. The third-order valence-corrected chi connectivity index (χ3v) is 4.25. The number of pyridine rings is 1. The predicted molar refractivity (Wildman–Crippen MR) is 89.3 cm³/mol. The minimum absolute atomic E-state index is 0.164. The Morgan fingerprint density at radius 2 is 2.28 bits per heavy atom. The van der Waals surface area contributed by atoms with E-state index in [1.54, 1.807) is 18.7 Å². The standard InChI is InChI=1S/C18H20N4O3/c1-4-14(10-19-7-1)18-20-17(25-21-18)13-24-16-5-2-8-22(12-16)11-15-6-3-9-23-15/h1,3-4,6-7,9-10,16H,2,5,8,11-13H2/t16-/m1/s1. The average Bonchev–Trinajstić information content (AvgIpc) is 3.33. The fraction of sp³-hybridized carbons (Fsp3) is 0.389. The van der Waals surface area contributed by atoms with E-state index in [9.17, 15) is 0 Å². The summed E-state index contributed by atoms with van der Waals surface area (Å²) in [7, 11) is 0. The molecule has 1 saturated heterocycles. The maximum absolute atomic E-state index is 5.98. The quantitative estimate of drug-likeness (QED) is 0.683. The summed E-state index contributed by atoms with van der Waals surface area (Å²) in [4.78, 5) is 10.8. The molecule has 3 aromatic rings. The van der Waals surface area contributed by atoms with Crippen molar-refractivity contribution in [2.45, 2.75) is 32.1 Å². The Morgan fingerprint density at radius 3 is 3.12 bits per heavy atom. The number of ether oxygens (including phenoxy) is 1. The van der Waals surface area contributed by atoms with E-state index >= 15 is 0 Å². The van der Waals surface area contributed by atoms with Crippen LogP contribution >= 0.6 is 0 Å². The number of rotatable bonds is 6. The van der Waals surface area contributed by atoms with Crippen molar-refractivity contribution in [1.82, 2.24) is 20.0 Å². The predicted octanol–water partition coefficient (Wildman–Crippen LogP) is 2.91. The zero-order valence-corrected chi connectivity index (χ0v) is 13.9. The summed E-state index contributed by atoms with van der Waals surface area (Å²) >= 11 is 0. The van der Waals surface area contributed by atoms with Crippen LogP contribution in [0.3, 0.4) is 0 Å². The molecule has 130 valence electrons. The molecule has 3 aromatic heterocycles. The molecule has 0 unspecified atom stereocenters. The Kier molecular flexibility index (Phi) is 4.85. The molecule has 25 heavy (non-hydrogen) atoms. The van der Waals surface area contributed by atoms with Crippen LogP contribution in [0.4, 0.5) is 0 Å². The van der Waals surface area contributed by atoms with Gasteiger partial charge in [0.1, 0.15) is 12.4 Å². The number of likely N-dealkylation sites (tertiary alicyclic amines) is 1. The lowest BCUT2D eigenvalue weighted by Crippen LogP contribution is -2.39. The van der Waals surface area contributed by atoms with Crippen molar-refractivity contribution < 1.29 is 13.7 Å². The van der Waals surface area contributed by atoms with Crippen molar-refractivity contribution in [3.05, 3.63) is 54.6 Å². The second-order valence-corrected chi connectivity index (χ2v) is 6.14. The molecule has 1 aliphatic heterocycles. The molecular weight excluding hydrogens is 320 g/mol. The summed E-state index contributed by atoms with van der Waals surface area (Å²) in [5.41, 5.74) is 0.833. The van der Waals surface area contributed by atoms with Crippen LogP contribution in [0.1, 0.15) is 24.5 Å². The average molecular weight is 340 g/mol. The molecule has 0 N–H and O–H groups in total.